The Morgan fingerprint density at radius 1 is 1.07 bits per heavy atom. The van der Waals surface area contributed by atoms with Crippen LogP contribution in [0, 0.1) is 0 Å². The topological polar surface area (TPSA) is 58.6 Å². The van der Waals surface area contributed by atoms with E-state index in [4.69, 9.17) is 4.74 Å². The van der Waals surface area contributed by atoms with Gasteiger partial charge in [0.25, 0.3) is 0 Å². The number of hydrogen-bond acceptors (Lipinski definition) is 3. The SMILES string of the molecule is O=C(NCC(O)c1ccc(C(F)(F)F)cc1)C1(c2ccccc2)CCOCC1. The molecule has 2 aromatic carbocycles. The molecule has 0 aromatic heterocycles. The van der Waals surface area contributed by atoms with Gasteiger partial charge in [-0.05, 0) is 36.1 Å². The minimum absolute atomic E-state index is 0.0837. The summed E-state index contributed by atoms with van der Waals surface area (Å²) in [7, 11) is 0. The van der Waals surface area contributed by atoms with Gasteiger partial charge in [-0.1, -0.05) is 42.5 Å². The van der Waals surface area contributed by atoms with Crippen molar-refractivity contribution in [3.05, 3.63) is 71.3 Å². The van der Waals surface area contributed by atoms with Gasteiger partial charge in [0.05, 0.1) is 17.1 Å². The number of amides is 1. The van der Waals surface area contributed by atoms with E-state index in [1.165, 1.54) is 12.1 Å². The van der Waals surface area contributed by atoms with Crippen LogP contribution in [0.2, 0.25) is 0 Å². The van der Waals surface area contributed by atoms with Crippen LogP contribution in [0.25, 0.3) is 0 Å². The molecular weight excluding hydrogens is 371 g/mol. The highest BCUT2D eigenvalue weighted by Gasteiger charge is 2.41. The van der Waals surface area contributed by atoms with Crippen molar-refractivity contribution < 1.29 is 27.8 Å². The number of halogens is 3. The second-order valence-corrected chi connectivity index (χ2v) is 6.91. The Kier molecular flexibility index (Phi) is 6.05. The molecule has 1 heterocycles. The number of rotatable bonds is 5. The summed E-state index contributed by atoms with van der Waals surface area (Å²) < 4.78 is 43.4. The van der Waals surface area contributed by atoms with E-state index in [2.05, 4.69) is 5.32 Å². The number of nitrogens with one attached hydrogen (secondary N) is 1. The lowest BCUT2D eigenvalue weighted by Gasteiger charge is -2.36. The van der Waals surface area contributed by atoms with E-state index < -0.39 is 23.3 Å². The average Bonchev–Trinajstić information content (AvgIpc) is 2.72. The van der Waals surface area contributed by atoms with Crippen LogP contribution in [0.15, 0.2) is 54.6 Å². The monoisotopic (exact) mass is 393 g/mol. The molecule has 0 bridgehead atoms. The number of benzene rings is 2. The lowest BCUT2D eigenvalue weighted by Crippen LogP contribution is -2.48. The molecule has 0 saturated carbocycles. The van der Waals surface area contributed by atoms with Crippen molar-refractivity contribution in [1.82, 2.24) is 5.32 Å². The number of hydrogen-bond donors (Lipinski definition) is 2. The zero-order valence-corrected chi connectivity index (χ0v) is 15.2. The Hall–Kier alpha value is -2.38. The summed E-state index contributed by atoms with van der Waals surface area (Å²) in [5.74, 6) is -0.215. The van der Waals surface area contributed by atoms with Gasteiger partial charge in [-0.2, -0.15) is 13.2 Å². The molecule has 2 aromatic rings. The van der Waals surface area contributed by atoms with Crippen LogP contribution in [0.3, 0.4) is 0 Å². The van der Waals surface area contributed by atoms with E-state index in [0.717, 1.165) is 17.7 Å². The van der Waals surface area contributed by atoms with Crippen LogP contribution in [0.4, 0.5) is 13.2 Å². The zero-order valence-electron chi connectivity index (χ0n) is 15.2. The first kappa shape index (κ1) is 20.4. The van der Waals surface area contributed by atoms with Crippen molar-refractivity contribution in [2.75, 3.05) is 19.8 Å². The quantitative estimate of drug-likeness (QED) is 0.816. The number of alkyl halides is 3. The molecular formula is C21H22F3NO3. The van der Waals surface area contributed by atoms with Gasteiger partial charge in [-0.3, -0.25) is 4.79 Å². The fourth-order valence-corrected chi connectivity index (χ4v) is 3.49. The minimum Gasteiger partial charge on any atom is -0.387 e. The van der Waals surface area contributed by atoms with Crippen LogP contribution in [-0.2, 0) is 21.1 Å². The smallest absolute Gasteiger partial charge is 0.387 e. The predicted molar refractivity (Wildman–Crippen MR) is 97.6 cm³/mol. The van der Waals surface area contributed by atoms with Gasteiger partial charge in [-0.15, -0.1) is 0 Å². The number of ether oxygens (including phenoxy) is 1. The van der Waals surface area contributed by atoms with Crippen molar-refractivity contribution in [3.8, 4) is 0 Å². The minimum atomic E-state index is -4.43. The number of aliphatic hydroxyl groups is 1. The third-order valence-electron chi connectivity index (χ3n) is 5.19. The third-order valence-corrected chi connectivity index (χ3v) is 5.19. The molecule has 150 valence electrons. The highest BCUT2D eigenvalue weighted by Crippen LogP contribution is 2.35. The normalized spacial score (nSPS) is 17.7. The molecule has 1 atom stereocenters. The van der Waals surface area contributed by atoms with Gasteiger partial charge in [0, 0.05) is 19.8 Å². The molecule has 1 unspecified atom stereocenters. The average molecular weight is 393 g/mol. The lowest BCUT2D eigenvalue weighted by atomic mass is 9.73. The molecule has 0 radical (unpaired) electrons. The first-order chi connectivity index (χ1) is 13.3. The number of carbonyl (C=O) groups excluding carboxylic acids is 1. The van der Waals surface area contributed by atoms with Crippen LogP contribution in [0.5, 0.6) is 0 Å². The Labute approximate surface area is 161 Å². The Balaban J connectivity index is 1.69. The summed E-state index contributed by atoms with van der Waals surface area (Å²) >= 11 is 0. The van der Waals surface area contributed by atoms with E-state index in [1.807, 2.05) is 30.3 Å². The molecule has 3 rings (SSSR count). The Bertz CT molecular complexity index is 785. The highest BCUT2D eigenvalue weighted by molar-refractivity contribution is 5.88. The zero-order chi connectivity index (χ0) is 20.2. The van der Waals surface area contributed by atoms with E-state index >= 15 is 0 Å². The van der Waals surface area contributed by atoms with Gasteiger partial charge in [0.1, 0.15) is 0 Å². The molecule has 7 heteroatoms. The summed E-state index contributed by atoms with van der Waals surface area (Å²) in [6.45, 7) is 0.840. The van der Waals surface area contributed by atoms with Crippen molar-refractivity contribution in [3.63, 3.8) is 0 Å². The maximum atomic E-state index is 13.0. The molecule has 2 N–H and O–H groups in total. The van der Waals surface area contributed by atoms with Crippen molar-refractivity contribution in [2.45, 2.75) is 30.5 Å². The van der Waals surface area contributed by atoms with Crippen molar-refractivity contribution in [1.29, 1.82) is 0 Å². The second kappa shape index (κ2) is 8.32. The van der Waals surface area contributed by atoms with Crippen molar-refractivity contribution >= 4 is 5.91 Å². The fraction of sp³-hybridized carbons (Fsp3) is 0.381. The molecule has 0 spiro atoms. The van der Waals surface area contributed by atoms with E-state index in [9.17, 15) is 23.1 Å². The highest BCUT2D eigenvalue weighted by atomic mass is 19.4. The molecule has 1 aliphatic rings. The van der Waals surface area contributed by atoms with Crippen molar-refractivity contribution in [2.24, 2.45) is 0 Å². The van der Waals surface area contributed by atoms with E-state index in [-0.39, 0.29) is 12.5 Å². The van der Waals surface area contributed by atoms with Gasteiger partial charge in [0.2, 0.25) is 5.91 Å². The van der Waals surface area contributed by atoms with Gasteiger partial charge in [-0.25, -0.2) is 0 Å². The maximum Gasteiger partial charge on any atom is 0.416 e. The van der Waals surface area contributed by atoms with Gasteiger partial charge in [0.15, 0.2) is 0 Å². The lowest BCUT2D eigenvalue weighted by molar-refractivity contribution is -0.137. The predicted octanol–water partition coefficient (Wildman–Crippen LogP) is 3.60. The second-order valence-electron chi connectivity index (χ2n) is 6.91. The summed E-state index contributed by atoms with van der Waals surface area (Å²) in [5.41, 5.74) is -0.314. The number of aliphatic hydroxyl groups excluding tert-OH is 1. The first-order valence-electron chi connectivity index (χ1n) is 9.10. The summed E-state index contributed by atoms with van der Waals surface area (Å²) in [4.78, 5) is 13.0. The molecule has 4 nitrogen and oxygen atoms in total. The van der Waals surface area contributed by atoms with Gasteiger partial charge >= 0.3 is 6.18 Å². The summed E-state index contributed by atoms with van der Waals surface area (Å²) in [6.07, 6.45) is -4.47. The Morgan fingerprint density at radius 3 is 2.25 bits per heavy atom. The van der Waals surface area contributed by atoms with Crippen LogP contribution in [0.1, 0.15) is 35.6 Å². The molecule has 28 heavy (non-hydrogen) atoms. The van der Waals surface area contributed by atoms with Gasteiger partial charge < -0.3 is 15.2 Å². The number of carbonyl (C=O) groups is 1. The van der Waals surface area contributed by atoms with E-state index in [0.29, 0.717) is 31.6 Å². The molecule has 1 saturated heterocycles. The van der Waals surface area contributed by atoms with Crippen LogP contribution < -0.4 is 5.32 Å². The fourth-order valence-electron chi connectivity index (χ4n) is 3.49. The maximum absolute atomic E-state index is 13.0. The molecule has 1 amide bonds. The largest absolute Gasteiger partial charge is 0.416 e. The van der Waals surface area contributed by atoms with Crippen LogP contribution in [-0.4, -0.2) is 30.8 Å². The summed E-state index contributed by atoms with van der Waals surface area (Å²) in [6, 6.07) is 13.7. The van der Waals surface area contributed by atoms with Crippen LogP contribution >= 0.6 is 0 Å². The molecule has 0 aliphatic carbocycles. The first-order valence-corrected chi connectivity index (χ1v) is 9.10. The standard InChI is InChI=1S/C21H22F3NO3/c22-21(23,24)17-8-6-15(7-9-17)18(26)14-25-19(27)20(10-12-28-13-11-20)16-4-2-1-3-5-16/h1-9,18,26H,10-14H2,(H,25,27). The van der Waals surface area contributed by atoms with E-state index in [1.54, 1.807) is 0 Å². The molecule has 1 fully saturated rings. The summed E-state index contributed by atoms with van der Waals surface area (Å²) in [5, 5.41) is 13.1. The third kappa shape index (κ3) is 4.36. The molecule has 1 aliphatic heterocycles. The Morgan fingerprint density at radius 2 is 1.68 bits per heavy atom.